The Morgan fingerprint density at radius 3 is 2.56 bits per heavy atom. The molecular formula is C11H20N6O. The van der Waals surface area contributed by atoms with Gasteiger partial charge in [0.1, 0.15) is 17.5 Å². The fraction of sp³-hybridized carbons (Fsp3) is 0.545. The van der Waals surface area contributed by atoms with Crippen LogP contribution in [-0.4, -0.2) is 29.0 Å². The van der Waals surface area contributed by atoms with Crippen molar-refractivity contribution in [2.45, 2.75) is 27.2 Å². The van der Waals surface area contributed by atoms with Crippen LogP contribution in [0.5, 0.6) is 0 Å². The van der Waals surface area contributed by atoms with Crippen molar-refractivity contribution in [2.24, 2.45) is 5.84 Å². The zero-order chi connectivity index (χ0) is 13.5. The number of nitrogens with zero attached hydrogens (tertiary/aromatic N) is 2. The average molecular weight is 252 g/mol. The van der Waals surface area contributed by atoms with E-state index in [1.807, 2.05) is 13.8 Å². The predicted molar refractivity (Wildman–Crippen MR) is 71.1 cm³/mol. The number of aromatic nitrogens is 2. The van der Waals surface area contributed by atoms with Crippen LogP contribution in [0.4, 0.5) is 11.6 Å². The van der Waals surface area contributed by atoms with Crippen LogP contribution < -0.4 is 21.9 Å². The summed E-state index contributed by atoms with van der Waals surface area (Å²) in [5.41, 5.74) is 3.29. The molecule has 0 saturated heterocycles. The second kappa shape index (κ2) is 6.75. The van der Waals surface area contributed by atoms with Crippen molar-refractivity contribution in [3.05, 3.63) is 11.4 Å². The molecule has 7 heteroatoms. The molecule has 0 aliphatic heterocycles. The molecular weight excluding hydrogens is 232 g/mol. The van der Waals surface area contributed by atoms with E-state index in [9.17, 15) is 4.79 Å². The molecule has 1 heterocycles. The van der Waals surface area contributed by atoms with Crippen molar-refractivity contribution < 1.29 is 4.79 Å². The minimum atomic E-state index is -0.0604. The molecule has 1 aromatic heterocycles. The number of rotatable bonds is 6. The van der Waals surface area contributed by atoms with Gasteiger partial charge in [-0.05, 0) is 20.3 Å². The van der Waals surface area contributed by atoms with Gasteiger partial charge in [0, 0.05) is 12.1 Å². The molecule has 0 unspecified atom stereocenters. The number of hydrogen-bond acceptors (Lipinski definition) is 6. The zero-order valence-corrected chi connectivity index (χ0v) is 11.0. The Labute approximate surface area is 107 Å². The van der Waals surface area contributed by atoms with Crippen LogP contribution in [-0.2, 0) is 4.79 Å². The number of nitrogens with two attached hydrogens (primary N) is 1. The van der Waals surface area contributed by atoms with Gasteiger partial charge >= 0.3 is 0 Å². The summed E-state index contributed by atoms with van der Waals surface area (Å²) < 4.78 is 0. The Hall–Kier alpha value is -1.89. The lowest BCUT2D eigenvalue weighted by molar-refractivity contribution is -0.119. The van der Waals surface area contributed by atoms with Crippen molar-refractivity contribution in [3.8, 4) is 0 Å². The van der Waals surface area contributed by atoms with E-state index in [1.165, 1.54) is 0 Å². The number of carbonyl (C=O) groups excluding carboxylic acids is 1. The average Bonchev–Trinajstić information content (AvgIpc) is 2.36. The SMILES string of the molecule is CCCNC(=O)CNc1nc(C)nc(NN)c1C. The highest BCUT2D eigenvalue weighted by Crippen LogP contribution is 2.18. The number of hydrazine groups is 1. The maximum Gasteiger partial charge on any atom is 0.239 e. The van der Waals surface area contributed by atoms with E-state index in [-0.39, 0.29) is 12.5 Å². The molecule has 0 aliphatic carbocycles. The van der Waals surface area contributed by atoms with Gasteiger partial charge in [-0.15, -0.1) is 0 Å². The van der Waals surface area contributed by atoms with Gasteiger partial charge in [0.2, 0.25) is 5.91 Å². The van der Waals surface area contributed by atoms with Crippen LogP contribution >= 0.6 is 0 Å². The van der Waals surface area contributed by atoms with E-state index in [1.54, 1.807) is 6.92 Å². The van der Waals surface area contributed by atoms with Gasteiger partial charge in [0.15, 0.2) is 0 Å². The summed E-state index contributed by atoms with van der Waals surface area (Å²) in [5.74, 6) is 7.06. The lowest BCUT2D eigenvalue weighted by Gasteiger charge is -2.12. The maximum absolute atomic E-state index is 11.5. The van der Waals surface area contributed by atoms with Crippen molar-refractivity contribution >= 4 is 17.5 Å². The monoisotopic (exact) mass is 252 g/mol. The normalized spacial score (nSPS) is 10.0. The Morgan fingerprint density at radius 2 is 1.94 bits per heavy atom. The molecule has 1 aromatic rings. The van der Waals surface area contributed by atoms with Gasteiger partial charge in [-0.1, -0.05) is 6.92 Å². The van der Waals surface area contributed by atoms with Gasteiger partial charge < -0.3 is 16.1 Å². The van der Waals surface area contributed by atoms with Crippen molar-refractivity contribution in [3.63, 3.8) is 0 Å². The minimum absolute atomic E-state index is 0.0604. The Morgan fingerprint density at radius 1 is 1.28 bits per heavy atom. The van der Waals surface area contributed by atoms with Gasteiger partial charge in [-0.2, -0.15) is 0 Å². The number of carbonyl (C=O) groups is 1. The maximum atomic E-state index is 11.5. The molecule has 1 amide bonds. The lowest BCUT2D eigenvalue weighted by atomic mass is 10.3. The number of nitrogen functional groups attached to an aromatic ring is 1. The number of amides is 1. The van der Waals surface area contributed by atoms with Crippen molar-refractivity contribution in [1.29, 1.82) is 0 Å². The molecule has 5 N–H and O–H groups in total. The number of hydrogen-bond donors (Lipinski definition) is 4. The second-order valence-electron chi connectivity index (χ2n) is 3.94. The fourth-order valence-electron chi connectivity index (χ4n) is 1.43. The van der Waals surface area contributed by atoms with Gasteiger partial charge in [0.05, 0.1) is 6.54 Å². The topological polar surface area (TPSA) is 105 Å². The Balaban J connectivity index is 2.67. The first-order valence-electron chi connectivity index (χ1n) is 5.90. The highest BCUT2D eigenvalue weighted by Gasteiger charge is 2.09. The molecule has 18 heavy (non-hydrogen) atoms. The summed E-state index contributed by atoms with van der Waals surface area (Å²) in [6.45, 7) is 6.47. The van der Waals surface area contributed by atoms with Crippen molar-refractivity contribution in [1.82, 2.24) is 15.3 Å². The van der Waals surface area contributed by atoms with Crippen LogP contribution in [0, 0.1) is 13.8 Å². The molecule has 1 rings (SSSR count). The third-order valence-electron chi connectivity index (χ3n) is 2.38. The molecule has 0 spiro atoms. The first kappa shape index (κ1) is 14.2. The number of anilines is 2. The van der Waals surface area contributed by atoms with Crippen molar-refractivity contribution in [2.75, 3.05) is 23.8 Å². The third kappa shape index (κ3) is 3.85. The summed E-state index contributed by atoms with van der Waals surface area (Å²) in [4.78, 5) is 19.8. The molecule has 100 valence electrons. The smallest absolute Gasteiger partial charge is 0.239 e. The summed E-state index contributed by atoms with van der Waals surface area (Å²) in [6, 6.07) is 0. The van der Waals surface area contributed by atoms with E-state index < -0.39 is 0 Å². The largest absolute Gasteiger partial charge is 0.361 e. The van der Waals surface area contributed by atoms with E-state index in [0.29, 0.717) is 24.0 Å². The second-order valence-corrected chi connectivity index (χ2v) is 3.94. The predicted octanol–water partition coefficient (Wildman–Crippen LogP) is 0.317. The molecule has 0 bridgehead atoms. The van der Waals surface area contributed by atoms with Gasteiger partial charge in [0.25, 0.3) is 0 Å². The first-order chi connectivity index (χ1) is 8.58. The fourth-order valence-corrected chi connectivity index (χ4v) is 1.43. The minimum Gasteiger partial charge on any atom is -0.361 e. The summed E-state index contributed by atoms with van der Waals surface area (Å²) in [5, 5.41) is 5.76. The van der Waals surface area contributed by atoms with E-state index in [0.717, 1.165) is 12.0 Å². The summed E-state index contributed by atoms with van der Waals surface area (Å²) in [7, 11) is 0. The highest BCUT2D eigenvalue weighted by atomic mass is 16.1. The Bertz CT molecular complexity index is 420. The quantitative estimate of drug-likeness (QED) is 0.429. The molecule has 0 aromatic carbocycles. The summed E-state index contributed by atoms with van der Waals surface area (Å²) in [6.07, 6.45) is 0.915. The van der Waals surface area contributed by atoms with Gasteiger partial charge in [-0.25, -0.2) is 15.8 Å². The third-order valence-corrected chi connectivity index (χ3v) is 2.38. The van der Waals surface area contributed by atoms with Crippen LogP contribution in [0.2, 0.25) is 0 Å². The van der Waals surface area contributed by atoms with E-state index in [2.05, 4.69) is 26.0 Å². The standard InChI is InChI=1S/C11H20N6O/c1-4-5-13-9(18)6-14-10-7(2)11(17-12)16-8(3)15-10/h4-6,12H2,1-3H3,(H,13,18)(H2,14,15,16,17). The molecule has 0 radical (unpaired) electrons. The van der Waals surface area contributed by atoms with Crippen LogP contribution in [0.25, 0.3) is 0 Å². The van der Waals surface area contributed by atoms with Gasteiger partial charge in [-0.3, -0.25) is 4.79 Å². The van der Waals surface area contributed by atoms with Crippen LogP contribution in [0.15, 0.2) is 0 Å². The lowest BCUT2D eigenvalue weighted by Crippen LogP contribution is -2.30. The van der Waals surface area contributed by atoms with E-state index in [4.69, 9.17) is 5.84 Å². The molecule has 0 fully saturated rings. The molecule has 7 nitrogen and oxygen atoms in total. The zero-order valence-electron chi connectivity index (χ0n) is 11.0. The highest BCUT2D eigenvalue weighted by molar-refractivity contribution is 5.80. The van der Waals surface area contributed by atoms with Crippen LogP contribution in [0.3, 0.4) is 0 Å². The molecule has 0 atom stereocenters. The first-order valence-corrected chi connectivity index (χ1v) is 5.90. The summed E-state index contributed by atoms with van der Waals surface area (Å²) >= 11 is 0. The van der Waals surface area contributed by atoms with E-state index >= 15 is 0 Å². The van der Waals surface area contributed by atoms with Crippen LogP contribution in [0.1, 0.15) is 24.7 Å². The molecule has 0 aliphatic rings. The molecule has 0 saturated carbocycles. The number of aryl methyl sites for hydroxylation is 1. The Kier molecular flexibility index (Phi) is 5.31. The number of nitrogens with one attached hydrogen (secondary N) is 3.